The number of nitrogens with zero attached hydrogens (tertiary/aromatic N) is 3. The van der Waals surface area contributed by atoms with Crippen LogP contribution in [0.4, 0.5) is 11.6 Å². The van der Waals surface area contributed by atoms with Crippen molar-refractivity contribution in [3.8, 4) is 0 Å². The molecule has 1 aromatic rings. The Morgan fingerprint density at radius 3 is 2.62 bits per heavy atom. The topological polar surface area (TPSA) is 84.1 Å². The molecule has 0 saturated carbocycles. The van der Waals surface area contributed by atoms with E-state index in [1.54, 1.807) is 7.05 Å². The predicted octanol–water partition coefficient (Wildman–Crippen LogP) is 0.0212. The van der Waals surface area contributed by atoms with Gasteiger partial charge >= 0.3 is 0 Å². The molecule has 6 heteroatoms. The average Bonchev–Trinajstić information content (AvgIpc) is 2.29. The van der Waals surface area contributed by atoms with Crippen LogP contribution in [0.1, 0.15) is 13.3 Å². The molecule has 0 unspecified atom stereocenters. The molecule has 1 amide bonds. The highest BCUT2D eigenvalue weighted by Gasteiger charge is 2.11. The summed E-state index contributed by atoms with van der Waals surface area (Å²) in [6.07, 6.45) is 3.99. The standard InChI is InChI=1S/C10H17N5O/c1-3-4-15(7-9(16)12-2)10-13-5-8(11)6-14-10/h5-6H,3-4,7,11H2,1-2H3,(H,12,16). The van der Waals surface area contributed by atoms with Gasteiger partial charge in [0.05, 0.1) is 24.6 Å². The summed E-state index contributed by atoms with van der Waals surface area (Å²) in [5.74, 6) is 0.466. The van der Waals surface area contributed by atoms with E-state index in [1.807, 2.05) is 11.8 Å². The fourth-order valence-electron chi connectivity index (χ4n) is 1.27. The van der Waals surface area contributed by atoms with E-state index in [1.165, 1.54) is 12.4 Å². The van der Waals surface area contributed by atoms with Crippen molar-refractivity contribution in [1.82, 2.24) is 15.3 Å². The number of amides is 1. The summed E-state index contributed by atoms with van der Waals surface area (Å²) in [5, 5.41) is 2.57. The van der Waals surface area contributed by atoms with Gasteiger partial charge in [0.25, 0.3) is 0 Å². The van der Waals surface area contributed by atoms with Crippen molar-refractivity contribution in [2.45, 2.75) is 13.3 Å². The summed E-state index contributed by atoms with van der Waals surface area (Å²) in [7, 11) is 1.61. The van der Waals surface area contributed by atoms with Gasteiger partial charge in [-0.25, -0.2) is 9.97 Å². The van der Waals surface area contributed by atoms with Crippen LogP contribution in [0.2, 0.25) is 0 Å². The van der Waals surface area contributed by atoms with Crippen LogP contribution < -0.4 is 16.0 Å². The number of aromatic nitrogens is 2. The highest BCUT2D eigenvalue weighted by atomic mass is 16.1. The van der Waals surface area contributed by atoms with E-state index in [9.17, 15) is 4.79 Å². The quantitative estimate of drug-likeness (QED) is 0.735. The average molecular weight is 223 g/mol. The fourth-order valence-corrected chi connectivity index (χ4v) is 1.27. The lowest BCUT2D eigenvalue weighted by molar-refractivity contribution is -0.119. The minimum absolute atomic E-state index is 0.0612. The second-order valence-corrected chi connectivity index (χ2v) is 3.41. The molecular formula is C10H17N5O. The maximum Gasteiger partial charge on any atom is 0.239 e. The molecule has 1 aromatic heterocycles. The molecule has 3 N–H and O–H groups in total. The largest absolute Gasteiger partial charge is 0.396 e. The van der Waals surface area contributed by atoms with Gasteiger partial charge in [-0.05, 0) is 6.42 Å². The van der Waals surface area contributed by atoms with Crippen molar-refractivity contribution in [2.24, 2.45) is 0 Å². The zero-order chi connectivity index (χ0) is 12.0. The Balaban J connectivity index is 2.76. The molecule has 0 spiro atoms. The smallest absolute Gasteiger partial charge is 0.239 e. The number of nitrogen functional groups attached to an aromatic ring is 1. The van der Waals surface area contributed by atoms with Gasteiger partial charge in [-0.2, -0.15) is 0 Å². The first-order valence-corrected chi connectivity index (χ1v) is 5.20. The van der Waals surface area contributed by atoms with Gasteiger partial charge in [-0.3, -0.25) is 4.79 Å². The SMILES string of the molecule is CCCN(CC(=O)NC)c1ncc(N)cn1. The molecule has 1 heterocycles. The summed E-state index contributed by atoms with van der Waals surface area (Å²) in [6.45, 7) is 3.03. The Labute approximate surface area is 94.9 Å². The van der Waals surface area contributed by atoms with Gasteiger partial charge in [0.1, 0.15) is 0 Å². The van der Waals surface area contributed by atoms with Crippen molar-refractivity contribution in [3.05, 3.63) is 12.4 Å². The Kier molecular flexibility index (Phi) is 4.50. The minimum atomic E-state index is -0.0612. The number of rotatable bonds is 5. The van der Waals surface area contributed by atoms with E-state index in [4.69, 9.17) is 5.73 Å². The predicted molar refractivity (Wildman–Crippen MR) is 63.0 cm³/mol. The van der Waals surface area contributed by atoms with Crippen molar-refractivity contribution >= 4 is 17.5 Å². The summed E-state index contributed by atoms with van der Waals surface area (Å²) in [6, 6.07) is 0. The molecule has 0 fully saturated rings. The number of nitrogens with two attached hydrogens (primary N) is 1. The molecule has 0 aliphatic carbocycles. The number of likely N-dealkylation sites (N-methyl/N-ethyl adjacent to an activating group) is 1. The molecule has 88 valence electrons. The van der Waals surface area contributed by atoms with Gasteiger partial charge in [0.2, 0.25) is 11.9 Å². The van der Waals surface area contributed by atoms with E-state index in [-0.39, 0.29) is 12.5 Å². The van der Waals surface area contributed by atoms with Gasteiger partial charge in [-0.1, -0.05) is 6.92 Å². The normalized spacial score (nSPS) is 9.88. The van der Waals surface area contributed by atoms with Crippen molar-refractivity contribution in [2.75, 3.05) is 30.8 Å². The second kappa shape index (κ2) is 5.89. The molecule has 0 saturated heterocycles. The van der Waals surface area contributed by atoms with Crippen molar-refractivity contribution in [3.63, 3.8) is 0 Å². The van der Waals surface area contributed by atoms with Crippen LogP contribution in [0.25, 0.3) is 0 Å². The fraction of sp³-hybridized carbons (Fsp3) is 0.500. The first kappa shape index (κ1) is 12.2. The third kappa shape index (κ3) is 3.38. The van der Waals surface area contributed by atoms with Crippen LogP contribution in [0, 0.1) is 0 Å². The lowest BCUT2D eigenvalue weighted by Gasteiger charge is -2.20. The Hall–Kier alpha value is -1.85. The Bertz CT molecular complexity index is 338. The summed E-state index contributed by atoms with van der Waals surface area (Å²) in [5.41, 5.74) is 6.02. The highest BCUT2D eigenvalue weighted by molar-refractivity contribution is 5.80. The van der Waals surface area contributed by atoms with E-state index in [0.29, 0.717) is 11.6 Å². The number of anilines is 2. The number of hydrogen-bond acceptors (Lipinski definition) is 5. The Morgan fingerprint density at radius 1 is 1.50 bits per heavy atom. The van der Waals surface area contributed by atoms with E-state index < -0.39 is 0 Å². The Morgan fingerprint density at radius 2 is 2.12 bits per heavy atom. The van der Waals surface area contributed by atoms with E-state index >= 15 is 0 Å². The van der Waals surface area contributed by atoms with Crippen molar-refractivity contribution in [1.29, 1.82) is 0 Å². The van der Waals surface area contributed by atoms with Gasteiger partial charge in [0.15, 0.2) is 0 Å². The summed E-state index contributed by atoms with van der Waals surface area (Å²) < 4.78 is 0. The third-order valence-electron chi connectivity index (χ3n) is 2.05. The molecule has 1 rings (SSSR count). The highest BCUT2D eigenvalue weighted by Crippen LogP contribution is 2.08. The van der Waals surface area contributed by atoms with Gasteiger partial charge < -0.3 is 16.0 Å². The molecular weight excluding hydrogens is 206 g/mol. The maximum absolute atomic E-state index is 11.3. The first-order valence-electron chi connectivity index (χ1n) is 5.20. The summed E-state index contributed by atoms with van der Waals surface area (Å²) >= 11 is 0. The molecule has 0 aliphatic rings. The molecule has 6 nitrogen and oxygen atoms in total. The number of carbonyl (C=O) groups excluding carboxylic acids is 1. The van der Waals surface area contributed by atoms with Gasteiger partial charge in [0, 0.05) is 13.6 Å². The first-order chi connectivity index (χ1) is 7.67. The molecule has 0 aliphatic heterocycles. The molecule has 16 heavy (non-hydrogen) atoms. The molecule has 0 atom stereocenters. The zero-order valence-electron chi connectivity index (χ0n) is 9.60. The van der Waals surface area contributed by atoms with Crippen LogP contribution in [-0.4, -0.2) is 36.0 Å². The lowest BCUT2D eigenvalue weighted by Crippen LogP contribution is -2.37. The van der Waals surface area contributed by atoms with Crippen molar-refractivity contribution < 1.29 is 4.79 Å². The van der Waals surface area contributed by atoms with Crippen LogP contribution in [0.5, 0.6) is 0 Å². The van der Waals surface area contributed by atoms with E-state index in [0.717, 1.165) is 13.0 Å². The number of hydrogen-bond donors (Lipinski definition) is 2. The van der Waals surface area contributed by atoms with Crippen LogP contribution in [0.3, 0.4) is 0 Å². The lowest BCUT2D eigenvalue weighted by atomic mass is 10.4. The van der Waals surface area contributed by atoms with Crippen LogP contribution >= 0.6 is 0 Å². The second-order valence-electron chi connectivity index (χ2n) is 3.41. The minimum Gasteiger partial charge on any atom is -0.396 e. The third-order valence-corrected chi connectivity index (χ3v) is 2.05. The molecule has 0 aromatic carbocycles. The maximum atomic E-state index is 11.3. The zero-order valence-corrected chi connectivity index (χ0v) is 9.60. The molecule has 0 bridgehead atoms. The van der Waals surface area contributed by atoms with Crippen LogP contribution in [0.15, 0.2) is 12.4 Å². The number of nitrogens with one attached hydrogen (secondary N) is 1. The summed E-state index contributed by atoms with van der Waals surface area (Å²) in [4.78, 5) is 21.3. The molecule has 0 radical (unpaired) electrons. The monoisotopic (exact) mass is 223 g/mol. The van der Waals surface area contributed by atoms with Crippen LogP contribution in [-0.2, 0) is 4.79 Å². The van der Waals surface area contributed by atoms with Gasteiger partial charge in [-0.15, -0.1) is 0 Å². The van der Waals surface area contributed by atoms with E-state index in [2.05, 4.69) is 15.3 Å². The number of carbonyl (C=O) groups is 1.